The molecule has 0 radical (unpaired) electrons. The van der Waals surface area contributed by atoms with Crippen LogP contribution in [0.25, 0.3) is 0 Å². The largest absolute Gasteiger partial charge is 0.337 e. The van der Waals surface area contributed by atoms with Crippen LogP contribution in [0.2, 0.25) is 0 Å². The molecule has 2 heterocycles. The van der Waals surface area contributed by atoms with Gasteiger partial charge in [0.15, 0.2) is 5.16 Å². The van der Waals surface area contributed by atoms with Gasteiger partial charge in [0, 0.05) is 37.0 Å². The third-order valence-electron chi connectivity index (χ3n) is 3.71. The van der Waals surface area contributed by atoms with Crippen LogP contribution in [0.1, 0.15) is 15.9 Å². The van der Waals surface area contributed by atoms with Gasteiger partial charge in [-0.1, -0.05) is 23.9 Å². The molecule has 3 rings (SSSR count). The van der Waals surface area contributed by atoms with Gasteiger partial charge in [-0.3, -0.25) is 14.2 Å². The van der Waals surface area contributed by atoms with Crippen LogP contribution in [-0.2, 0) is 13.1 Å². The minimum absolute atomic E-state index is 0.138. The summed E-state index contributed by atoms with van der Waals surface area (Å²) in [4.78, 5) is 31.9. The van der Waals surface area contributed by atoms with Crippen molar-refractivity contribution in [3.05, 3.63) is 51.9 Å². The predicted octanol–water partition coefficient (Wildman–Crippen LogP) is 2.34. The number of hydrogen-bond acceptors (Lipinski definition) is 5. The first kappa shape index (κ1) is 16.1. The van der Waals surface area contributed by atoms with E-state index in [1.54, 1.807) is 40.0 Å². The molecule has 0 N–H and O–H groups in total. The Morgan fingerprint density at radius 1 is 1.39 bits per heavy atom. The Balaban J connectivity index is 1.78. The Morgan fingerprint density at radius 3 is 2.83 bits per heavy atom. The standard InChI is InChI=1S/C16H17N3O2S2/c1-18(10-11-3-5-12(22-2)6-4-11)14(20)13-9-17-16-19(15(13)21)7-8-23-16/h3-6,9H,7-8,10H2,1-2H3. The highest BCUT2D eigenvalue weighted by molar-refractivity contribution is 7.99. The third kappa shape index (κ3) is 3.30. The van der Waals surface area contributed by atoms with Gasteiger partial charge in [0.05, 0.1) is 0 Å². The fraction of sp³-hybridized carbons (Fsp3) is 0.312. The molecule has 1 aromatic carbocycles. The van der Waals surface area contributed by atoms with Crippen LogP contribution in [0.5, 0.6) is 0 Å². The Bertz CT molecular complexity index is 787. The van der Waals surface area contributed by atoms with Crippen molar-refractivity contribution in [2.45, 2.75) is 23.1 Å². The third-order valence-corrected chi connectivity index (χ3v) is 5.43. The summed E-state index contributed by atoms with van der Waals surface area (Å²) in [5.74, 6) is 0.543. The highest BCUT2D eigenvalue weighted by atomic mass is 32.2. The second-order valence-corrected chi connectivity index (χ2v) is 7.21. The van der Waals surface area contributed by atoms with Crippen LogP contribution in [-0.4, -0.2) is 39.4 Å². The molecule has 0 unspecified atom stereocenters. The van der Waals surface area contributed by atoms with Gasteiger partial charge < -0.3 is 4.90 Å². The summed E-state index contributed by atoms with van der Waals surface area (Å²) in [5, 5.41) is 0.696. The summed E-state index contributed by atoms with van der Waals surface area (Å²) in [7, 11) is 1.71. The maximum Gasteiger partial charge on any atom is 0.267 e. The Morgan fingerprint density at radius 2 is 2.13 bits per heavy atom. The average Bonchev–Trinajstić information content (AvgIpc) is 3.05. The van der Waals surface area contributed by atoms with Gasteiger partial charge in [0.25, 0.3) is 11.5 Å². The lowest BCUT2D eigenvalue weighted by molar-refractivity contribution is 0.0781. The van der Waals surface area contributed by atoms with Crippen molar-refractivity contribution in [2.75, 3.05) is 19.1 Å². The minimum atomic E-state index is -0.288. The lowest BCUT2D eigenvalue weighted by Crippen LogP contribution is -2.34. The number of thioether (sulfide) groups is 2. The summed E-state index contributed by atoms with van der Waals surface area (Å²) < 4.78 is 1.58. The predicted molar refractivity (Wildman–Crippen MR) is 93.2 cm³/mol. The second-order valence-electron chi connectivity index (χ2n) is 5.27. The quantitative estimate of drug-likeness (QED) is 0.628. The SMILES string of the molecule is CSc1ccc(CN(C)C(=O)c2cnc3n(c2=O)CCS3)cc1. The van der Waals surface area contributed by atoms with Crippen LogP contribution in [0, 0.1) is 0 Å². The fourth-order valence-electron chi connectivity index (χ4n) is 2.45. The van der Waals surface area contributed by atoms with E-state index < -0.39 is 0 Å². The van der Waals surface area contributed by atoms with E-state index >= 15 is 0 Å². The molecule has 0 atom stereocenters. The van der Waals surface area contributed by atoms with Crippen molar-refractivity contribution in [1.82, 2.24) is 14.5 Å². The zero-order chi connectivity index (χ0) is 16.4. The molecule has 0 fully saturated rings. The van der Waals surface area contributed by atoms with Crippen molar-refractivity contribution in [3.63, 3.8) is 0 Å². The number of nitrogens with zero attached hydrogens (tertiary/aromatic N) is 3. The molecule has 0 saturated heterocycles. The molecule has 0 spiro atoms. The van der Waals surface area contributed by atoms with Crippen LogP contribution in [0.4, 0.5) is 0 Å². The van der Waals surface area contributed by atoms with E-state index in [-0.39, 0.29) is 17.0 Å². The number of fused-ring (bicyclic) bond motifs is 1. The van der Waals surface area contributed by atoms with Gasteiger partial charge in [-0.05, 0) is 24.0 Å². The van der Waals surface area contributed by atoms with Crippen LogP contribution in [0.15, 0.2) is 45.3 Å². The number of carbonyl (C=O) groups excluding carboxylic acids is 1. The normalized spacial score (nSPS) is 13.0. The van der Waals surface area contributed by atoms with E-state index in [1.807, 2.05) is 30.5 Å². The molecule has 1 aromatic heterocycles. The lowest BCUT2D eigenvalue weighted by atomic mass is 10.2. The smallest absolute Gasteiger partial charge is 0.267 e. The number of hydrogen-bond donors (Lipinski definition) is 0. The van der Waals surface area contributed by atoms with Gasteiger partial charge in [0.2, 0.25) is 0 Å². The van der Waals surface area contributed by atoms with Gasteiger partial charge in [-0.2, -0.15) is 0 Å². The molecule has 7 heteroatoms. The van der Waals surface area contributed by atoms with E-state index in [0.29, 0.717) is 18.2 Å². The maximum atomic E-state index is 12.6. The molecule has 1 aliphatic rings. The summed E-state index contributed by atoms with van der Waals surface area (Å²) in [6, 6.07) is 8.06. The van der Waals surface area contributed by atoms with Crippen molar-refractivity contribution in [3.8, 4) is 0 Å². The first-order valence-electron chi connectivity index (χ1n) is 7.21. The molecule has 5 nitrogen and oxygen atoms in total. The zero-order valence-corrected chi connectivity index (χ0v) is 14.6. The van der Waals surface area contributed by atoms with Crippen molar-refractivity contribution < 1.29 is 4.79 Å². The number of amides is 1. The van der Waals surface area contributed by atoms with Gasteiger partial charge >= 0.3 is 0 Å². The van der Waals surface area contributed by atoms with Gasteiger partial charge in [-0.15, -0.1) is 11.8 Å². The molecular weight excluding hydrogens is 330 g/mol. The van der Waals surface area contributed by atoms with E-state index in [9.17, 15) is 9.59 Å². The first-order valence-corrected chi connectivity index (χ1v) is 9.42. The summed E-state index contributed by atoms with van der Waals surface area (Å²) in [6.07, 6.45) is 3.43. The van der Waals surface area contributed by atoms with Crippen LogP contribution >= 0.6 is 23.5 Å². The molecule has 2 aromatic rings. The van der Waals surface area contributed by atoms with E-state index in [4.69, 9.17) is 0 Å². The number of carbonyl (C=O) groups is 1. The lowest BCUT2D eigenvalue weighted by Gasteiger charge is -2.17. The highest BCUT2D eigenvalue weighted by Gasteiger charge is 2.22. The van der Waals surface area contributed by atoms with Crippen molar-refractivity contribution in [1.29, 1.82) is 0 Å². The maximum absolute atomic E-state index is 12.6. The molecule has 0 aliphatic carbocycles. The van der Waals surface area contributed by atoms with Crippen LogP contribution in [0.3, 0.4) is 0 Å². The number of aromatic nitrogens is 2. The van der Waals surface area contributed by atoms with E-state index in [1.165, 1.54) is 11.1 Å². The summed E-state index contributed by atoms with van der Waals surface area (Å²) >= 11 is 3.22. The van der Waals surface area contributed by atoms with Gasteiger partial charge in [-0.25, -0.2) is 4.98 Å². The number of benzene rings is 1. The second kappa shape index (κ2) is 6.80. The Kier molecular flexibility index (Phi) is 4.77. The number of rotatable bonds is 4. The highest BCUT2D eigenvalue weighted by Crippen LogP contribution is 2.21. The fourth-order valence-corrected chi connectivity index (χ4v) is 3.77. The molecule has 23 heavy (non-hydrogen) atoms. The monoisotopic (exact) mass is 347 g/mol. The minimum Gasteiger partial charge on any atom is -0.337 e. The van der Waals surface area contributed by atoms with Crippen molar-refractivity contribution >= 4 is 29.4 Å². The molecular formula is C16H17N3O2S2. The summed E-state index contributed by atoms with van der Waals surface area (Å²) in [6.45, 7) is 1.08. The topological polar surface area (TPSA) is 55.2 Å². The molecule has 1 amide bonds. The molecule has 0 saturated carbocycles. The van der Waals surface area contributed by atoms with E-state index in [2.05, 4.69) is 4.98 Å². The van der Waals surface area contributed by atoms with E-state index in [0.717, 1.165) is 11.3 Å². The van der Waals surface area contributed by atoms with Crippen molar-refractivity contribution in [2.24, 2.45) is 0 Å². The summed E-state index contributed by atoms with van der Waals surface area (Å²) in [5.41, 5.74) is 0.928. The van der Waals surface area contributed by atoms with Crippen LogP contribution < -0.4 is 5.56 Å². The molecule has 120 valence electrons. The van der Waals surface area contributed by atoms with Gasteiger partial charge in [0.1, 0.15) is 5.56 Å². The molecule has 1 aliphatic heterocycles. The average molecular weight is 347 g/mol. The zero-order valence-electron chi connectivity index (χ0n) is 13.0. The Labute approximate surface area is 143 Å². The first-order chi connectivity index (χ1) is 11.1. The molecule has 0 bridgehead atoms. The Hall–Kier alpha value is -1.73.